The maximum absolute atomic E-state index is 13.6. The van der Waals surface area contributed by atoms with E-state index in [0.717, 1.165) is 5.56 Å². The molecule has 2 amide bonds. The minimum atomic E-state index is -0.831. The molecule has 0 aliphatic carbocycles. The summed E-state index contributed by atoms with van der Waals surface area (Å²) in [5.74, 6) is -2.23. The van der Waals surface area contributed by atoms with Gasteiger partial charge in [0.1, 0.15) is 6.10 Å². The fourth-order valence-corrected chi connectivity index (χ4v) is 4.54. The van der Waals surface area contributed by atoms with Crippen LogP contribution in [0.4, 0.5) is 0 Å². The highest BCUT2D eigenvalue weighted by Crippen LogP contribution is 2.27. The third-order valence-electron chi connectivity index (χ3n) is 6.72. The van der Waals surface area contributed by atoms with E-state index in [9.17, 15) is 19.5 Å². The van der Waals surface area contributed by atoms with Gasteiger partial charge in [-0.05, 0) is 43.7 Å². The van der Waals surface area contributed by atoms with E-state index in [4.69, 9.17) is 9.47 Å². The molecule has 0 spiro atoms. The van der Waals surface area contributed by atoms with Crippen molar-refractivity contribution in [3.05, 3.63) is 97.1 Å². The molecule has 5 atom stereocenters. The van der Waals surface area contributed by atoms with Crippen LogP contribution in [-0.2, 0) is 30.3 Å². The zero-order chi connectivity index (χ0) is 30.0. The van der Waals surface area contributed by atoms with Gasteiger partial charge >= 0.3 is 5.97 Å². The van der Waals surface area contributed by atoms with Crippen molar-refractivity contribution in [2.24, 2.45) is 11.8 Å². The summed E-state index contributed by atoms with van der Waals surface area (Å²) < 4.78 is 11.6. The molecule has 2 aromatic rings. The molecule has 0 aromatic heterocycles. The van der Waals surface area contributed by atoms with Crippen LogP contribution in [0, 0.1) is 11.8 Å². The van der Waals surface area contributed by atoms with Gasteiger partial charge in [0.15, 0.2) is 0 Å². The van der Waals surface area contributed by atoms with Crippen molar-refractivity contribution in [1.82, 2.24) is 10.6 Å². The van der Waals surface area contributed by atoms with Crippen molar-refractivity contribution >= 4 is 17.8 Å². The Bertz CT molecular complexity index is 1090. The SMILES string of the molecule is C=CCC[C@H](Cc1ccccc1)C(=O)O[C@@H](c1ccccc1)[C@H](COC)NC(=O)[C@H](CC=C)CC(=O)N[C@@H](C)CO. The van der Waals surface area contributed by atoms with Crippen LogP contribution in [0.25, 0.3) is 0 Å². The fourth-order valence-electron chi connectivity index (χ4n) is 4.54. The summed E-state index contributed by atoms with van der Waals surface area (Å²) in [7, 11) is 1.51. The summed E-state index contributed by atoms with van der Waals surface area (Å²) in [6.45, 7) is 9.07. The van der Waals surface area contributed by atoms with Gasteiger partial charge in [0.05, 0.1) is 31.1 Å². The molecule has 3 N–H and O–H groups in total. The van der Waals surface area contributed by atoms with Crippen molar-refractivity contribution in [2.45, 2.75) is 57.2 Å². The predicted octanol–water partition coefficient (Wildman–Crippen LogP) is 4.31. The first-order valence-corrected chi connectivity index (χ1v) is 14.0. The molecule has 0 aliphatic heterocycles. The maximum Gasteiger partial charge on any atom is 0.309 e. The number of methoxy groups -OCH3 is 1. The Morgan fingerprint density at radius 3 is 2.20 bits per heavy atom. The van der Waals surface area contributed by atoms with Crippen molar-refractivity contribution in [3.63, 3.8) is 0 Å². The quantitative estimate of drug-likeness (QED) is 0.173. The maximum atomic E-state index is 13.6. The number of aliphatic hydroxyl groups is 1. The molecule has 0 saturated heterocycles. The van der Waals surface area contributed by atoms with Gasteiger partial charge in [-0.3, -0.25) is 14.4 Å². The molecule has 8 heteroatoms. The van der Waals surface area contributed by atoms with Crippen LogP contribution in [0.5, 0.6) is 0 Å². The van der Waals surface area contributed by atoms with Crippen LogP contribution in [0.1, 0.15) is 49.8 Å². The van der Waals surface area contributed by atoms with Crippen LogP contribution < -0.4 is 10.6 Å². The Morgan fingerprint density at radius 2 is 1.61 bits per heavy atom. The van der Waals surface area contributed by atoms with E-state index in [-0.39, 0.29) is 43.8 Å². The second-order valence-corrected chi connectivity index (χ2v) is 10.2. The van der Waals surface area contributed by atoms with Crippen molar-refractivity contribution in [1.29, 1.82) is 0 Å². The number of rotatable bonds is 19. The smallest absolute Gasteiger partial charge is 0.309 e. The summed E-state index contributed by atoms with van der Waals surface area (Å²) >= 11 is 0. The molecule has 0 aliphatic rings. The fraction of sp³-hybridized carbons (Fsp3) is 0.424. The number of allylic oxidation sites excluding steroid dienone is 2. The first-order valence-electron chi connectivity index (χ1n) is 14.0. The van der Waals surface area contributed by atoms with E-state index in [1.54, 1.807) is 19.1 Å². The Labute approximate surface area is 243 Å². The van der Waals surface area contributed by atoms with E-state index < -0.39 is 30.0 Å². The van der Waals surface area contributed by atoms with E-state index in [1.165, 1.54) is 7.11 Å². The van der Waals surface area contributed by atoms with Crippen LogP contribution in [0.3, 0.4) is 0 Å². The summed E-state index contributed by atoms with van der Waals surface area (Å²) in [6, 6.07) is 17.8. The number of carbonyl (C=O) groups excluding carboxylic acids is 3. The monoisotopic (exact) mass is 564 g/mol. The molecule has 2 aromatic carbocycles. The number of nitrogens with one attached hydrogen (secondary N) is 2. The van der Waals surface area contributed by atoms with Crippen LogP contribution in [-0.4, -0.2) is 55.3 Å². The summed E-state index contributed by atoms with van der Waals surface area (Å²) in [5, 5.41) is 14.9. The predicted molar refractivity (Wildman–Crippen MR) is 160 cm³/mol. The van der Waals surface area contributed by atoms with E-state index in [0.29, 0.717) is 24.8 Å². The largest absolute Gasteiger partial charge is 0.455 e. The second-order valence-electron chi connectivity index (χ2n) is 10.2. The van der Waals surface area contributed by atoms with Crippen LogP contribution in [0.15, 0.2) is 86.0 Å². The number of hydrogen-bond donors (Lipinski definition) is 3. The van der Waals surface area contributed by atoms with Gasteiger partial charge in [-0.15, -0.1) is 13.2 Å². The molecule has 0 bridgehead atoms. The van der Waals surface area contributed by atoms with Gasteiger partial charge in [0, 0.05) is 19.6 Å². The molecule has 0 fully saturated rings. The molecule has 222 valence electrons. The Hall–Kier alpha value is -3.75. The first kappa shape index (κ1) is 33.5. The highest BCUT2D eigenvalue weighted by molar-refractivity contribution is 5.86. The number of aliphatic hydroxyl groups excluding tert-OH is 1. The molecule has 0 unspecified atom stereocenters. The van der Waals surface area contributed by atoms with Crippen molar-refractivity contribution in [2.75, 3.05) is 20.3 Å². The Morgan fingerprint density at radius 1 is 0.951 bits per heavy atom. The van der Waals surface area contributed by atoms with E-state index >= 15 is 0 Å². The average Bonchev–Trinajstić information content (AvgIpc) is 2.98. The summed E-state index contributed by atoms with van der Waals surface area (Å²) in [5.41, 5.74) is 1.73. The second kappa shape index (κ2) is 18.6. The lowest BCUT2D eigenvalue weighted by atomic mass is 9.94. The Kier molecular flexibility index (Phi) is 15.2. The van der Waals surface area contributed by atoms with E-state index in [1.807, 2.05) is 60.7 Å². The first-order chi connectivity index (χ1) is 19.8. The minimum Gasteiger partial charge on any atom is -0.455 e. The average molecular weight is 565 g/mol. The standard InChI is InChI=1S/C33H44N2O6/c1-5-7-17-28(20-25-15-10-8-11-16-25)33(39)41-31(26-18-12-9-13-19-26)29(23-40-4)35-32(38)27(14-6-2)21-30(37)34-24(3)22-36/h5-6,8-13,15-16,18-19,24,27-29,31,36H,1-2,7,14,17,20-23H2,3-4H3,(H,34,37)(H,35,38)/t24-,27+,28+,29-,31-/m0/s1. The molecule has 8 nitrogen and oxygen atoms in total. The highest BCUT2D eigenvalue weighted by Gasteiger charge is 2.33. The molecule has 2 rings (SSSR count). The lowest BCUT2D eigenvalue weighted by Gasteiger charge is -2.30. The minimum absolute atomic E-state index is 0.0726. The molecule has 0 radical (unpaired) electrons. The molecular weight excluding hydrogens is 520 g/mol. The number of esters is 1. The van der Waals surface area contributed by atoms with Gasteiger partial charge < -0.3 is 25.2 Å². The van der Waals surface area contributed by atoms with E-state index in [2.05, 4.69) is 23.8 Å². The van der Waals surface area contributed by atoms with Gasteiger partial charge in [-0.2, -0.15) is 0 Å². The van der Waals surface area contributed by atoms with Crippen molar-refractivity contribution in [3.8, 4) is 0 Å². The highest BCUT2D eigenvalue weighted by atomic mass is 16.5. The molecule has 41 heavy (non-hydrogen) atoms. The summed E-state index contributed by atoms with van der Waals surface area (Å²) in [6.07, 6.45) is 4.46. The molecule has 0 heterocycles. The normalized spacial score (nSPS) is 14.5. The zero-order valence-electron chi connectivity index (χ0n) is 24.2. The number of amides is 2. The van der Waals surface area contributed by atoms with Crippen molar-refractivity contribution < 1.29 is 29.0 Å². The lowest BCUT2D eigenvalue weighted by Crippen LogP contribution is -2.47. The number of benzene rings is 2. The van der Waals surface area contributed by atoms with Gasteiger partial charge in [-0.1, -0.05) is 72.8 Å². The lowest BCUT2D eigenvalue weighted by molar-refractivity contribution is -0.158. The topological polar surface area (TPSA) is 114 Å². The number of carbonyl (C=O) groups is 3. The molecular formula is C33H44N2O6. The third-order valence-corrected chi connectivity index (χ3v) is 6.72. The van der Waals surface area contributed by atoms with Gasteiger partial charge in [0.25, 0.3) is 0 Å². The Balaban J connectivity index is 2.31. The zero-order valence-corrected chi connectivity index (χ0v) is 24.2. The van der Waals surface area contributed by atoms with Crippen LogP contribution >= 0.6 is 0 Å². The number of hydrogen-bond acceptors (Lipinski definition) is 6. The van der Waals surface area contributed by atoms with Gasteiger partial charge in [0.2, 0.25) is 11.8 Å². The number of ether oxygens (including phenoxy) is 2. The molecule has 0 saturated carbocycles. The van der Waals surface area contributed by atoms with Gasteiger partial charge in [-0.25, -0.2) is 0 Å². The summed E-state index contributed by atoms with van der Waals surface area (Å²) in [4.78, 5) is 39.6. The third kappa shape index (κ3) is 11.7. The van der Waals surface area contributed by atoms with Crippen LogP contribution in [0.2, 0.25) is 0 Å².